The molecule has 0 unspecified atom stereocenters. The van der Waals surface area contributed by atoms with Gasteiger partial charge in [0.2, 0.25) is 0 Å². The predicted octanol–water partition coefficient (Wildman–Crippen LogP) is 3.17. The van der Waals surface area contributed by atoms with Crippen LogP contribution in [0.5, 0.6) is 0 Å². The zero-order valence-electron chi connectivity index (χ0n) is 15.1. The van der Waals surface area contributed by atoms with Crippen molar-refractivity contribution in [2.45, 2.75) is 32.2 Å². The number of hydrogen-bond donors (Lipinski definition) is 1. The van der Waals surface area contributed by atoms with Gasteiger partial charge in [-0.1, -0.05) is 81.4 Å². The lowest BCUT2D eigenvalue weighted by Crippen LogP contribution is -2.66. The topological polar surface area (TPSA) is 21.3 Å². The largest absolute Gasteiger partial charge is 0.407 e. The van der Waals surface area contributed by atoms with E-state index in [1.807, 2.05) is 0 Å². The molecule has 1 aliphatic rings. The van der Waals surface area contributed by atoms with Crippen molar-refractivity contribution in [2.24, 2.45) is 5.92 Å². The fourth-order valence-corrected chi connectivity index (χ4v) is 8.27. The number of hydrogen-bond acceptors (Lipinski definition) is 2. The van der Waals surface area contributed by atoms with Gasteiger partial charge in [0, 0.05) is 6.61 Å². The van der Waals surface area contributed by atoms with Crippen molar-refractivity contribution in [1.29, 1.82) is 0 Å². The summed E-state index contributed by atoms with van der Waals surface area (Å²) in [4.78, 5) is 0. The minimum absolute atomic E-state index is 0.0770. The van der Waals surface area contributed by atoms with Crippen LogP contribution in [0.4, 0.5) is 0 Å². The summed E-state index contributed by atoms with van der Waals surface area (Å²) < 4.78 is 6.88. The minimum Gasteiger partial charge on any atom is -0.407 e. The Bertz CT molecular complexity index is 592. The van der Waals surface area contributed by atoms with Crippen molar-refractivity contribution in [3.8, 4) is 0 Å². The second-order valence-corrected chi connectivity index (χ2v) is 12.1. The van der Waals surface area contributed by atoms with Crippen molar-refractivity contribution in [3.05, 3.63) is 60.7 Å². The second-order valence-electron chi connectivity index (χ2n) is 7.82. The zero-order chi connectivity index (χ0) is 17.0. The van der Waals surface area contributed by atoms with E-state index in [1.54, 1.807) is 0 Å². The molecule has 2 aromatic rings. The Kier molecular flexibility index (Phi) is 5.23. The van der Waals surface area contributed by atoms with Gasteiger partial charge in [-0.15, -0.1) is 0 Å². The van der Waals surface area contributed by atoms with Crippen molar-refractivity contribution >= 4 is 18.7 Å². The summed E-state index contributed by atoms with van der Waals surface area (Å²) in [7, 11) is -2.33. The van der Waals surface area contributed by atoms with E-state index in [0.29, 0.717) is 0 Å². The number of nitrogens with one attached hydrogen (secondary N) is 1. The van der Waals surface area contributed by atoms with E-state index >= 15 is 0 Å². The summed E-state index contributed by atoms with van der Waals surface area (Å²) in [6, 6.07) is 21.8. The molecule has 128 valence electrons. The Morgan fingerprint density at radius 3 is 1.79 bits per heavy atom. The van der Waals surface area contributed by atoms with Gasteiger partial charge in [-0.25, -0.2) is 0 Å². The van der Waals surface area contributed by atoms with Crippen molar-refractivity contribution in [3.63, 3.8) is 0 Å². The molecule has 0 bridgehead atoms. The molecule has 0 aliphatic carbocycles. The molecule has 1 N–H and O–H groups in total. The molecule has 1 fully saturated rings. The van der Waals surface area contributed by atoms with Gasteiger partial charge >= 0.3 is 0 Å². The van der Waals surface area contributed by atoms with Crippen molar-refractivity contribution < 1.29 is 4.43 Å². The van der Waals surface area contributed by atoms with Crippen LogP contribution in [0.3, 0.4) is 0 Å². The highest BCUT2D eigenvalue weighted by Gasteiger charge is 2.50. The van der Waals surface area contributed by atoms with Crippen LogP contribution in [-0.2, 0) is 4.43 Å². The third-order valence-corrected chi connectivity index (χ3v) is 10.2. The van der Waals surface area contributed by atoms with Crippen LogP contribution in [0.2, 0.25) is 5.04 Å². The van der Waals surface area contributed by atoms with E-state index in [2.05, 4.69) is 86.8 Å². The average Bonchev–Trinajstić information content (AvgIpc) is 2.54. The fraction of sp³-hybridized carbons (Fsp3) is 0.429. The van der Waals surface area contributed by atoms with E-state index in [4.69, 9.17) is 4.43 Å². The van der Waals surface area contributed by atoms with Gasteiger partial charge in [0.05, 0.1) is 0 Å². The standard InChI is InChI=1S/C21H29NOSi/c1-21(2,3)24(19-10-6-4-7-11-19,20-12-8-5-9-13-20)23-15-14-18-16-22-17-18/h4-13,18,22H,14-17H2,1-3H3. The lowest BCUT2D eigenvalue weighted by Gasteiger charge is -2.43. The first-order chi connectivity index (χ1) is 11.5. The lowest BCUT2D eigenvalue weighted by atomic mass is 10.0. The molecule has 3 heteroatoms. The van der Waals surface area contributed by atoms with Crippen LogP contribution in [0.25, 0.3) is 0 Å². The summed E-state index contributed by atoms with van der Waals surface area (Å²) >= 11 is 0. The van der Waals surface area contributed by atoms with Crippen molar-refractivity contribution in [1.82, 2.24) is 5.32 Å². The van der Waals surface area contributed by atoms with E-state index in [1.165, 1.54) is 10.4 Å². The van der Waals surface area contributed by atoms with Crippen LogP contribution in [-0.4, -0.2) is 28.0 Å². The Hall–Kier alpha value is -1.42. The van der Waals surface area contributed by atoms with E-state index < -0.39 is 8.32 Å². The second kappa shape index (κ2) is 7.22. The molecule has 0 spiro atoms. The van der Waals surface area contributed by atoms with Crippen LogP contribution in [0, 0.1) is 5.92 Å². The maximum Gasteiger partial charge on any atom is 0.261 e. The molecule has 1 saturated heterocycles. The molecule has 0 amide bonds. The molecule has 3 rings (SSSR count). The van der Waals surface area contributed by atoms with Crippen LogP contribution in [0.1, 0.15) is 27.2 Å². The summed E-state index contributed by atoms with van der Waals surface area (Å²) in [5, 5.41) is 6.18. The molecule has 0 atom stereocenters. The predicted molar refractivity (Wildman–Crippen MR) is 105 cm³/mol. The fourth-order valence-electron chi connectivity index (χ4n) is 3.69. The molecule has 1 heterocycles. The maximum absolute atomic E-state index is 6.88. The van der Waals surface area contributed by atoms with Crippen LogP contribution < -0.4 is 15.7 Å². The van der Waals surface area contributed by atoms with Gasteiger partial charge in [-0.3, -0.25) is 0 Å². The molecule has 0 saturated carbocycles. The minimum atomic E-state index is -2.33. The third-order valence-electron chi connectivity index (χ3n) is 5.13. The Labute approximate surface area is 147 Å². The monoisotopic (exact) mass is 339 g/mol. The van der Waals surface area contributed by atoms with E-state index in [9.17, 15) is 0 Å². The Morgan fingerprint density at radius 2 is 1.42 bits per heavy atom. The summed E-state index contributed by atoms with van der Waals surface area (Å²) in [6.07, 6.45) is 1.15. The van der Waals surface area contributed by atoms with Gasteiger partial charge in [0.1, 0.15) is 0 Å². The quantitative estimate of drug-likeness (QED) is 0.816. The molecule has 0 aromatic heterocycles. The highest BCUT2D eigenvalue weighted by molar-refractivity contribution is 6.99. The first-order valence-corrected chi connectivity index (χ1v) is 10.9. The Balaban J connectivity index is 1.99. The molecule has 0 radical (unpaired) electrons. The summed E-state index contributed by atoms with van der Waals surface area (Å²) in [6.45, 7) is 10.1. The SMILES string of the molecule is CC(C)(C)[Si](OCCC1CNC1)(c1ccccc1)c1ccccc1. The molecular weight excluding hydrogens is 310 g/mol. The maximum atomic E-state index is 6.88. The average molecular weight is 340 g/mol. The first-order valence-electron chi connectivity index (χ1n) is 9.00. The molecule has 1 aliphatic heterocycles. The molecular formula is C21H29NOSi. The van der Waals surface area contributed by atoms with Gasteiger partial charge in [-0.2, -0.15) is 0 Å². The number of rotatable bonds is 6. The van der Waals surface area contributed by atoms with Crippen molar-refractivity contribution in [2.75, 3.05) is 19.7 Å². The number of benzene rings is 2. The van der Waals surface area contributed by atoms with Gasteiger partial charge in [0.15, 0.2) is 0 Å². The lowest BCUT2D eigenvalue weighted by molar-refractivity contribution is 0.229. The smallest absolute Gasteiger partial charge is 0.261 e. The normalized spacial score (nSPS) is 16.0. The highest BCUT2D eigenvalue weighted by Crippen LogP contribution is 2.36. The van der Waals surface area contributed by atoms with Crippen LogP contribution >= 0.6 is 0 Å². The summed E-state index contributed by atoms with van der Waals surface area (Å²) in [5.74, 6) is 0.781. The third kappa shape index (κ3) is 3.34. The molecule has 24 heavy (non-hydrogen) atoms. The van der Waals surface area contributed by atoms with Gasteiger partial charge < -0.3 is 9.74 Å². The highest BCUT2D eigenvalue weighted by atomic mass is 28.4. The summed E-state index contributed by atoms with van der Waals surface area (Å²) in [5.41, 5.74) is 0. The Morgan fingerprint density at radius 1 is 0.917 bits per heavy atom. The first kappa shape index (κ1) is 17.4. The molecule has 2 nitrogen and oxygen atoms in total. The van der Waals surface area contributed by atoms with Gasteiger partial charge in [-0.05, 0) is 40.8 Å². The van der Waals surface area contributed by atoms with E-state index in [0.717, 1.165) is 32.0 Å². The van der Waals surface area contributed by atoms with Crippen LogP contribution in [0.15, 0.2) is 60.7 Å². The van der Waals surface area contributed by atoms with E-state index in [-0.39, 0.29) is 5.04 Å². The molecule has 2 aromatic carbocycles. The van der Waals surface area contributed by atoms with Gasteiger partial charge in [0.25, 0.3) is 8.32 Å². The zero-order valence-corrected chi connectivity index (χ0v) is 16.1.